The number of aromatic nitrogens is 2. The van der Waals surface area contributed by atoms with E-state index in [2.05, 4.69) is 15.4 Å². The van der Waals surface area contributed by atoms with Gasteiger partial charge in [-0.2, -0.15) is 0 Å². The number of aryl methyl sites for hydroxylation is 1. The highest BCUT2D eigenvalue weighted by Gasteiger charge is 2.10. The monoisotopic (exact) mass is 174 g/mol. The van der Waals surface area contributed by atoms with Crippen LogP contribution in [0.1, 0.15) is 17.8 Å². The summed E-state index contributed by atoms with van der Waals surface area (Å²) in [5.41, 5.74) is 2.24. The van der Waals surface area contributed by atoms with E-state index in [1.165, 1.54) is 6.07 Å². The molecule has 1 aromatic heterocycles. The molecule has 0 fully saturated rings. The topological polar surface area (TPSA) is 63.8 Å². The second kappa shape index (κ2) is 3.40. The summed E-state index contributed by atoms with van der Waals surface area (Å²) in [7, 11) is 0. The van der Waals surface area contributed by atoms with Crippen molar-refractivity contribution in [3.63, 3.8) is 0 Å². The number of nitrogens with zero attached hydrogens (tertiary/aromatic N) is 2. The van der Waals surface area contributed by atoms with Crippen LogP contribution in [0.25, 0.3) is 0 Å². The fraction of sp³-hybridized carbons (Fsp3) is 0.333. The van der Waals surface area contributed by atoms with E-state index in [1.807, 2.05) is 0 Å². The smallest absolute Gasteiger partial charge is 0.280 e. The Hall–Kier alpha value is -1.30. The van der Waals surface area contributed by atoms with Crippen LogP contribution in [0.2, 0.25) is 0 Å². The quantitative estimate of drug-likeness (QED) is 0.518. The normalized spacial score (nSPS) is 10.4. The Balaban J connectivity index is 3.06. The van der Waals surface area contributed by atoms with E-state index in [1.54, 1.807) is 6.92 Å². The van der Waals surface area contributed by atoms with Crippen molar-refractivity contribution in [2.75, 3.05) is 5.43 Å². The van der Waals surface area contributed by atoms with E-state index in [0.29, 0.717) is 5.69 Å². The van der Waals surface area contributed by atoms with Crippen molar-refractivity contribution in [3.8, 4) is 0 Å². The molecule has 0 radical (unpaired) electrons. The van der Waals surface area contributed by atoms with Gasteiger partial charge in [-0.25, -0.2) is 24.6 Å². The predicted octanol–water partition coefficient (Wildman–Crippen LogP) is 1.01. The summed E-state index contributed by atoms with van der Waals surface area (Å²) in [6.45, 7) is 1.59. The Labute approximate surface area is 67.8 Å². The molecule has 1 heterocycles. The molecule has 1 aromatic rings. The molecule has 0 spiro atoms. The first-order valence-corrected chi connectivity index (χ1v) is 3.24. The Morgan fingerprint density at radius 1 is 1.50 bits per heavy atom. The zero-order valence-corrected chi connectivity index (χ0v) is 6.38. The predicted molar refractivity (Wildman–Crippen MR) is 39.5 cm³/mol. The fourth-order valence-electron chi connectivity index (χ4n) is 0.769. The third-order valence-electron chi connectivity index (χ3n) is 1.23. The van der Waals surface area contributed by atoms with E-state index in [9.17, 15) is 8.78 Å². The minimum Gasteiger partial charge on any atom is -0.292 e. The molecule has 6 heteroatoms. The number of hydrogen-bond acceptors (Lipinski definition) is 4. The fourth-order valence-corrected chi connectivity index (χ4v) is 0.769. The van der Waals surface area contributed by atoms with Crippen molar-refractivity contribution in [1.29, 1.82) is 0 Å². The summed E-state index contributed by atoms with van der Waals surface area (Å²) in [4.78, 5) is 7.21. The minimum atomic E-state index is -2.60. The lowest BCUT2D eigenvalue weighted by molar-refractivity contribution is 0.146. The number of hydrogen-bond donors (Lipinski definition) is 2. The number of alkyl halides is 2. The molecular weight excluding hydrogens is 166 g/mol. The van der Waals surface area contributed by atoms with Gasteiger partial charge >= 0.3 is 0 Å². The van der Waals surface area contributed by atoms with Crippen molar-refractivity contribution in [1.82, 2.24) is 9.97 Å². The molecule has 0 aliphatic rings. The highest BCUT2D eigenvalue weighted by Crippen LogP contribution is 2.17. The Kier molecular flexibility index (Phi) is 2.49. The molecule has 0 aliphatic heterocycles. The van der Waals surface area contributed by atoms with Gasteiger partial charge in [0.05, 0.1) is 0 Å². The van der Waals surface area contributed by atoms with Gasteiger partial charge in [0.2, 0.25) is 5.95 Å². The molecule has 0 saturated carbocycles. The van der Waals surface area contributed by atoms with Gasteiger partial charge in [0.25, 0.3) is 6.43 Å². The number of rotatable bonds is 2. The summed E-state index contributed by atoms with van der Waals surface area (Å²) >= 11 is 0. The van der Waals surface area contributed by atoms with Gasteiger partial charge in [0, 0.05) is 5.69 Å². The van der Waals surface area contributed by atoms with Crippen LogP contribution in [0.4, 0.5) is 14.7 Å². The summed E-state index contributed by atoms with van der Waals surface area (Å²) < 4.78 is 24.2. The molecule has 0 saturated heterocycles. The molecule has 4 nitrogen and oxygen atoms in total. The number of anilines is 1. The SMILES string of the molecule is Cc1cc(C(F)F)nc(NN)n1. The van der Waals surface area contributed by atoms with Crippen molar-refractivity contribution < 1.29 is 8.78 Å². The summed E-state index contributed by atoms with van der Waals surface area (Å²) in [6.07, 6.45) is -2.60. The average Bonchev–Trinajstić information content (AvgIpc) is 2.03. The van der Waals surface area contributed by atoms with Gasteiger partial charge < -0.3 is 0 Å². The first-order valence-electron chi connectivity index (χ1n) is 3.24. The standard InChI is InChI=1S/C6H8F2N4/c1-3-2-4(5(7)8)11-6(10-3)12-9/h2,5H,9H2,1H3,(H,10,11,12). The van der Waals surface area contributed by atoms with Gasteiger partial charge in [0.1, 0.15) is 5.69 Å². The minimum absolute atomic E-state index is 0.00491. The van der Waals surface area contributed by atoms with Gasteiger partial charge in [-0.15, -0.1) is 0 Å². The summed E-state index contributed by atoms with van der Waals surface area (Å²) in [6, 6.07) is 1.21. The van der Waals surface area contributed by atoms with Crippen LogP contribution in [-0.2, 0) is 0 Å². The number of halogens is 2. The van der Waals surface area contributed by atoms with Crippen molar-refractivity contribution in [2.24, 2.45) is 5.84 Å². The van der Waals surface area contributed by atoms with Crippen molar-refractivity contribution in [3.05, 3.63) is 17.5 Å². The zero-order valence-electron chi connectivity index (χ0n) is 6.38. The maximum absolute atomic E-state index is 12.1. The van der Waals surface area contributed by atoms with Crippen LogP contribution in [0.5, 0.6) is 0 Å². The van der Waals surface area contributed by atoms with E-state index in [0.717, 1.165) is 0 Å². The number of hydrazine groups is 1. The van der Waals surface area contributed by atoms with Crippen LogP contribution in [0.15, 0.2) is 6.07 Å². The molecule has 0 aliphatic carbocycles. The van der Waals surface area contributed by atoms with Gasteiger partial charge in [-0.1, -0.05) is 0 Å². The second-order valence-corrected chi connectivity index (χ2v) is 2.20. The van der Waals surface area contributed by atoms with Crippen molar-refractivity contribution >= 4 is 5.95 Å². The third kappa shape index (κ3) is 1.85. The van der Waals surface area contributed by atoms with Crippen LogP contribution in [0.3, 0.4) is 0 Å². The lowest BCUT2D eigenvalue weighted by atomic mass is 10.3. The van der Waals surface area contributed by atoms with Crippen LogP contribution >= 0.6 is 0 Å². The van der Waals surface area contributed by atoms with E-state index in [4.69, 9.17) is 5.84 Å². The first kappa shape index (κ1) is 8.79. The lowest BCUT2D eigenvalue weighted by Crippen LogP contribution is -2.12. The van der Waals surface area contributed by atoms with Crippen LogP contribution in [0, 0.1) is 6.92 Å². The second-order valence-electron chi connectivity index (χ2n) is 2.20. The molecule has 12 heavy (non-hydrogen) atoms. The Bertz CT molecular complexity index is 276. The number of nitrogens with one attached hydrogen (secondary N) is 1. The maximum Gasteiger partial charge on any atom is 0.280 e. The molecular formula is C6H8F2N4. The highest BCUT2D eigenvalue weighted by molar-refractivity contribution is 5.26. The molecule has 0 amide bonds. The van der Waals surface area contributed by atoms with E-state index in [-0.39, 0.29) is 11.6 Å². The molecule has 0 unspecified atom stereocenters. The van der Waals surface area contributed by atoms with E-state index >= 15 is 0 Å². The van der Waals surface area contributed by atoms with Crippen LogP contribution in [-0.4, -0.2) is 9.97 Å². The highest BCUT2D eigenvalue weighted by atomic mass is 19.3. The first-order chi connectivity index (χ1) is 5.63. The summed E-state index contributed by atoms with van der Waals surface area (Å²) in [5.74, 6) is 4.97. The van der Waals surface area contributed by atoms with Gasteiger partial charge in [-0.05, 0) is 13.0 Å². The van der Waals surface area contributed by atoms with Gasteiger partial charge in [-0.3, -0.25) is 5.43 Å². The largest absolute Gasteiger partial charge is 0.292 e. The molecule has 3 N–H and O–H groups in total. The van der Waals surface area contributed by atoms with E-state index < -0.39 is 6.43 Å². The zero-order chi connectivity index (χ0) is 9.14. The Morgan fingerprint density at radius 3 is 2.67 bits per heavy atom. The third-order valence-corrected chi connectivity index (χ3v) is 1.23. The molecule has 0 atom stereocenters. The lowest BCUT2D eigenvalue weighted by Gasteiger charge is -2.03. The molecule has 66 valence electrons. The number of nitrogen functional groups attached to an aromatic ring is 1. The average molecular weight is 174 g/mol. The molecule has 0 bridgehead atoms. The number of nitrogens with two attached hydrogens (primary N) is 1. The van der Waals surface area contributed by atoms with Crippen molar-refractivity contribution in [2.45, 2.75) is 13.3 Å². The molecule has 1 rings (SSSR count). The summed E-state index contributed by atoms with van der Waals surface area (Å²) in [5, 5.41) is 0. The van der Waals surface area contributed by atoms with Crippen LogP contribution < -0.4 is 11.3 Å². The maximum atomic E-state index is 12.1. The molecule has 0 aromatic carbocycles. The van der Waals surface area contributed by atoms with Gasteiger partial charge in [0.15, 0.2) is 0 Å². The Morgan fingerprint density at radius 2 is 2.17 bits per heavy atom.